The van der Waals surface area contributed by atoms with Gasteiger partial charge in [0, 0.05) is 22.3 Å². The van der Waals surface area contributed by atoms with Crippen molar-refractivity contribution in [1.29, 1.82) is 0 Å². The Morgan fingerprint density at radius 3 is 2.92 bits per heavy atom. The summed E-state index contributed by atoms with van der Waals surface area (Å²) in [6.07, 6.45) is 6.19. The molecule has 1 aromatic carbocycles. The molecule has 6 nitrogen and oxygen atoms in total. The number of benzene rings is 1. The van der Waals surface area contributed by atoms with Crippen molar-refractivity contribution in [2.24, 2.45) is 5.92 Å². The molecule has 4 rings (SSSR count). The van der Waals surface area contributed by atoms with Crippen molar-refractivity contribution in [3.8, 4) is 0 Å². The van der Waals surface area contributed by atoms with Crippen molar-refractivity contribution in [2.45, 2.75) is 45.2 Å². The van der Waals surface area contributed by atoms with Gasteiger partial charge in [-0.1, -0.05) is 38.0 Å². The summed E-state index contributed by atoms with van der Waals surface area (Å²) in [6.45, 7) is 2.12. The maximum atomic E-state index is 12.7. The molecule has 1 aliphatic carbocycles. The first-order valence-corrected chi connectivity index (χ1v) is 8.89. The monoisotopic (exact) mass is 338 g/mol. The summed E-state index contributed by atoms with van der Waals surface area (Å²) in [5.41, 5.74) is 1.13. The van der Waals surface area contributed by atoms with Crippen LogP contribution in [-0.2, 0) is 11.3 Å². The minimum atomic E-state index is -0.263. The van der Waals surface area contributed by atoms with Crippen LogP contribution in [0.15, 0.2) is 35.3 Å². The quantitative estimate of drug-likeness (QED) is 0.770. The van der Waals surface area contributed by atoms with E-state index >= 15 is 0 Å². The van der Waals surface area contributed by atoms with E-state index in [1.807, 2.05) is 24.3 Å². The molecule has 130 valence electrons. The van der Waals surface area contributed by atoms with Gasteiger partial charge in [-0.2, -0.15) is 5.10 Å². The molecule has 1 saturated carbocycles. The van der Waals surface area contributed by atoms with E-state index in [1.165, 1.54) is 11.1 Å². The second-order valence-corrected chi connectivity index (χ2v) is 7.00. The van der Waals surface area contributed by atoms with Crippen LogP contribution in [0.4, 0.5) is 0 Å². The summed E-state index contributed by atoms with van der Waals surface area (Å²) >= 11 is 0. The maximum Gasteiger partial charge on any atom is 0.291 e. The van der Waals surface area contributed by atoms with E-state index in [0.717, 1.165) is 35.6 Å². The summed E-state index contributed by atoms with van der Waals surface area (Å²) < 4.78 is 1.24. The molecule has 1 aliphatic rings. The molecular weight excluding hydrogens is 316 g/mol. The Bertz CT molecular complexity index is 988. The number of hydrogen-bond acceptors (Lipinski definition) is 3. The molecular formula is C19H22N4O2. The third-order valence-electron chi connectivity index (χ3n) is 5.27. The molecule has 2 heterocycles. The number of rotatable bonds is 3. The fourth-order valence-electron chi connectivity index (χ4n) is 3.81. The Kier molecular flexibility index (Phi) is 4.03. The van der Waals surface area contributed by atoms with Gasteiger partial charge in [0.25, 0.3) is 5.56 Å². The van der Waals surface area contributed by atoms with E-state index in [1.54, 1.807) is 6.20 Å². The van der Waals surface area contributed by atoms with Crippen molar-refractivity contribution in [1.82, 2.24) is 20.1 Å². The average molecular weight is 338 g/mol. The molecule has 0 aliphatic heterocycles. The van der Waals surface area contributed by atoms with E-state index in [0.29, 0.717) is 11.4 Å². The third kappa shape index (κ3) is 2.92. The van der Waals surface area contributed by atoms with Crippen LogP contribution in [0.2, 0.25) is 0 Å². The van der Waals surface area contributed by atoms with Gasteiger partial charge in [0.1, 0.15) is 12.1 Å². The highest BCUT2D eigenvalue weighted by Gasteiger charge is 2.23. The third-order valence-corrected chi connectivity index (χ3v) is 5.27. The molecule has 2 atom stereocenters. The number of nitrogens with one attached hydrogen (secondary N) is 2. The second kappa shape index (κ2) is 6.35. The zero-order valence-electron chi connectivity index (χ0n) is 14.3. The number of carbonyl (C=O) groups is 1. The van der Waals surface area contributed by atoms with Crippen LogP contribution in [-0.4, -0.2) is 26.7 Å². The Hall–Kier alpha value is -2.63. The SMILES string of the molecule is CC1CCCCC1NC(=O)Cn1ncc2c([nH]c3ccccc32)c1=O. The van der Waals surface area contributed by atoms with Crippen LogP contribution < -0.4 is 10.9 Å². The van der Waals surface area contributed by atoms with Gasteiger partial charge >= 0.3 is 0 Å². The summed E-state index contributed by atoms with van der Waals surface area (Å²) in [7, 11) is 0. The predicted molar refractivity (Wildman–Crippen MR) is 97.4 cm³/mol. The fourth-order valence-corrected chi connectivity index (χ4v) is 3.81. The number of carbonyl (C=O) groups excluding carboxylic acids is 1. The molecule has 3 aromatic rings. The first-order chi connectivity index (χ1) is 12.1. The number of fused-ring (bicyclic) bond motifs is 3. The summed E-state index contributed by atoms with van der Waals surface area (Å²) in [4.78, 5) is 28.2. The topological polar surface area (TPSA) is 79.8 Å². The molecule has 2 N–H and O–H groups in total. The zero-order valence-corrected chi connectivity index (χ0v) is 14.3. The fraction of sp³-hybridized carbons (Fsp3) is 0.421. The summed E-state index contributed by atoms with van der Waals surface area (Å²) in [6, 6.07) is 7.93. The Morgan fingerprint density at radius 1 is 1.28 bits per heavy atom. The highest BCUT2D eigenvalue weighted by Crippen LogP contribution is 2.24. The van der Waals surface area contributed by atoms with Crippen LogP contribution >= 0.6 is 0 Å². The van der Waals surface area contributed by atoms with Crippen molar-refractivity contribution in [3.63, 3.8) is 0 Å². The molecule has 2 aromatic heterocycles. The number of nitrogens with zero attached hydrogens (tertiary/aromatic N) is 2. The summed E-state index contributed by atoms with van der Waals surface area (Å²) in [5.74, 6) is 0.336. The number of amides is 1. The lowest BCUT2D eigenvalue weighted by atomic mass is 9.86. The lowest BCUT2D eigenvalue weighted by Gasteiger charge is -2.29. The minimum absolute atomic E-state index is 0.0483. The highest BCUT2D eigenvalue weighted by atomic mass is 16.2. The second-order valence-electron chi connectivity index (χ2n) is 7.00. The normalized spacial score (nSPS) is 20.8. The lowest BCUT2D eigenvalue weighted by Crippen LogP contribution is -2.43. The van der Waals surface area contributed by atoms with Gasteiger partial charge in [-0.05, 0) is 24.8 Å². The van der Waals surface area contributed by atoms with E-state index in [-0.39, 0.29) is 24.1 Å². The van der Waals surface area contributed by atoms with Gasteiger partial charge in [0.2, 0.25) is 5.91 Å². The Morgan fingerprint density at radius 2 is 2.08 bits per heavy atom. The number of hydrogen-bond donors (Lipinski definition) is 2. The standard InChI is InChI=1S/C19H22N4O2/c1-12-6-2-4-8-15(12)21-17(24)11-23-19(25)18-14(10-20-23)13-7-3-5-9-16(13)22-18/h3,5,7,9-10,12,15,22H,2,4,6,8,11H2,1H3,(H,21,24). The smallest absolute Gasteiger partial charge is 0.291 e. The minimum Gasteiger partial charge on any atom is -0.351 e. The number of para-hydroxylation sites is 1. The number of H-pyrrole nitrogens is 1. The molecule has 25 heavy (non-hydrogen) atoms. The van der Waals surface area contributed by atoms with Crippen molar-refractivity contribution >= 4 is 27.7 Å². The van der Waals surface area contributed by atoms with Crippen LogP contribution in [0.3, 0.4) is 0 Å². The Balaban J connectivity index is 1.59. The van der Waals surface area contributed by atoms with E-state index < -0.39 is 0 Å². The average Bonchev–Trinajstić information content (AvgIpc) is 2.99. The zero-order chi connectivity index (χ0) is 17.4. The number of aromatic nitrogens is 3. The molecule has 2 unspecified atom stereocenters. The highest BCUT2D eigenvalue weighted by molar-refractivity contribution is 6.06. The van der Waals surface area contributed by atoms with Gasteiger partial charge in [-0.3, -0.25) is 9.59 Å². The molecule has 0 bridgehead atoms. The first-order valence-electron chi connectivity index (χ1n) is 8.89. The van der Waals surface area contributed by atoms with Gasteiger partial charge < -0.3 is 10.3 Å². The van der Waals surface area contributed by atoms with Crippen molar-refractivity contribution in [3.05, 3.63) is 40.8 Å². The summed E-state index contributed by atoms with van der Waals surface area (Å²) in [5, 5.41) is 9.03. The molecule has 6 heteroatoms. The lowest BCUT2D eigenvalue weighted by molar-refractivity contribution is -0.123. The number of aromatic amines is 1. The predicted octanol–water partition coefficient (Wildman–Crippen LogP) is 2.57. The van der Waals surface area contributed by atoms with Crippen LogP contribution in [0.5, 0.6) is 0 Å². The van der Waals surface area contributed by atoms with Crippen molar-refractivity contribution < 1.29 is 4.79 Å². The molecule has 0 saturated heterocycles. The van der Waals surface area contributed by atoms with E-state index in [9.17, 15) is 9.59 Å². The maximum absolute atomic E-state index is 12.7. The van der Waals surface area contributed by atoms with E-state index in [2.05, 4.69) is 22.3 Å². The largest absolute Gasteiger partial charge is 0.351 e. The van der Waals surface area contributed by atoms with E-state index in [4.69, 9.17) is 0 Å². The molecule has 1 amide bonds. The van der Waals surface area contributed by atoms with Gasteiger partial charge in [0.15, 0.2) is 0 Å². The first kappa shape index (κ1) is 15.9. The molecule has 0 spiro atoms. The van der Waals surface area contributed by atoms with Gasteiger partial charge in [0.05, 0.1) is 6.20 Å². The molecule has 0 radical (unpaired) electrons. The van der Waals surface area contributed by atoms with Crippen molar-refractivity contribution in [2.75, 3.05) is 0 Å². The van der Waals surface area contributed by atoms with Crippen LogP contribution in [0.1, 0.15) is 32.6 Å². The van der Waals surface area contributed by atoms with Gasteiger partial charge in [-0.15, -0.1) is 0 Å². The molecule has 1 fully saturated rings. The van der Waals surface area contributed by atoms with Crippen LogP contribution in [0.25, 0.3) is 21.8 Å². The Labute approximate surface area is 145 Å². The van der Waals surface area contributed by atoms with Crippen LogP contribution in [0, 0.1) is 5.92 Å². The van der Waals surface area contributed by atoms with Gasteiger partial charge in [-0.25, -0.2) is 4.68 Å².